The maximum atomic E-state index is 13.1. The summed E-state index contributed by atoms with van der Waals surface area (Å²) >= 11 is 0. The highest BCUT2D eigenvalue weighted by molar-refractivity contribution is 5.96. The fraction of sp³-hybridized carbons (Fsp3) is 0.484. The molecule has 0 radical (unpaired) electrons. The van der Waals surface area contributed by atoms with Gasteiger partial charge >= 0.3 is 0 Å². The number of hydrogen-bond donors (Lipinski definition) is 1. The first-order valence-electron chi connectivity index (χ1n) is 13.5. The van der Waals surface area contributed by atoms with Crippen LogP contribution in [-0.2, 0) is 25.5 Å². The van der Waals surface area contributed by atoms with Crippen LogP contribution in [-0.4, -0.2) is 30.5 Å². The quantitative estimate of drug-likeness (QED) is 0.421. The number of hydrogen-bond acceptors (Lipinski definition) is 5. The standard InChI is InChI=1S/C31H39NO5/c1-6-21-10-12-22(13-11-21)37-28-17-36-27-16-23(14-15-26(27)31(28)34)35-18-29(33)32-30-24(19(2)3)8-7-9-25(30)20(4)5/h7-13,17,19-20,23,26-27H,6,14-16,18H2,1-5H3,(H,32,33). The molecule has 1 aliphatic carbocycles. The Labute approximate surface area is 220 Å². The van der Waals surface area contributed by atoms with Crippen molar-refractivity contribution >= 4 is 17.4 Å². The zero-order chi connectivity index (χ0) is 26.5. The van der Waals surface area contributed by atoms with Crippen molar-refractivity contribution in [3.8, 4) is 5.75 Å². The minimum atomic E-state index is -0.265. The second-order valence-corrected chi connectivity index (χ2v) is 10.6. The van der Waals surface area contributed by atoms with Crippen molar-refractivity contribution in [3.05, 3.63) is 71.2 Å². The van der Waals surface area contributed by atoms with E-state index >= 15 is 0 Å². The number of benzene rings is 2. The van der Waals surface area contributed by atoms with Crippen LogP contribution in [0.15, 0.2) is 54.5 Å². The monoisotopic (exact) mass is 505 g/mol. The van der Waals surface area contributed by atoms with Crippen LogP contribution < -0.4 is 10.1 Å². The first kappa shape index (κ1) is 26.9. The minimum absolute atomic E-state index is 0.0291. The molecular formula is C31H39NO5. The highest BCUT2D eigenvalue weighted by Gasteiger charge is 2.41. The van der Waals surface area contributed by atoms with Crippen molar-refractivity contribution in [1.29, 1.82) is 0 Å². The van der Waals surface area contributed by atoms with Gasteiger partial charge in [0.1, 0.15) is 24.7 Å². The largest absolute Gasteiger partial charge is 0.493 e. The molecule has 2 aromatic rings. The Balaban J connectivity index is 1.32. The molecule has 37 heavy (non-hydrogen) atoms. The molecule has 1 saturated carbocycles. The lowest BCUT2D eigenvalue weighted by molar-refractivity contribution is -0.136. The highest BCUT2D eigenvalue weighted by atomic mass is 16.5. The number of aryl methyl sites for hydroxylation is 1. The molecule has 1 aliphatic heterocycles. The number of para-hydroxylation sites is 1. The van der Waals surface area contributed by atoms with Gasteiger partial charge in [-0.05, 0) is 59.9 Å². The van der Waals surface area contributed by atoms with Crippen LogP contribution in [0.3, 0.4) is 0 Å². The lowest BCUT2D eigenvalue weighted by Crippen LogP contribution is -2.43. The van der Waals surface area contributed by atoms with Crippen LogP contribution in [0, 0.1) is 5.92 Å². The molecule has 0 spiro atoms. The molecule has 198 valence electrons. The van der Waals surface area contributed by atoms with E-state index in [2.05, 4.69) is 52.1 Å². The number of rotatable bonds is 9. The van der Waals surface area contributed by atoms with Gasteiger partial charge in [0, 0.05) is 12.1 Å². The van der Waals surface area contributed by atoms with Crippen molar-refractivity contribution < 1.29 is 23.8 Å². The fourth-order valence-corrected chi connectivity index (χ4v) is 5.14. The third-order valence-corrected chi connectivity index (χ3v) is 7.32. The van der Waals surface area contributed by atoms with Gasteiger partial charge in [0.15, 0.2) is 0 Å². The van der Waals surface area contributed by atoms with Crippen LogP contribution in [0.2, 0.25) is 0 Å². The lowest BCUT2D eigenvalue weighted by atomic mass is 9.80. The van der Waals surface area contributed by atoms with E-state index in [1.54, 1.807) is 0 Å². The number of Topliss-reactive ketones (excluding diaryl/α,β-unsaturated/α-hetero) is 1. The van der Waals surface area contributed by atoms with Gasteiger partial charge in [-0.3, -0.25) is 9.59 Å². The average Bonchev–Trinajstić information content (AvgIpc) is 2.89. The van der Waals surface area contributed by atoms with Crippen LogP contribution in [0.4, 0.5) is 5.69 Å². The van der Waals surface area contributed by atoms with Crippen LogP contribution in [0.5, 0.6) is 5.75 Å². The average molecular weight is 506 g/mol. The zero-order valence-corrected chi connectivity index (χ0v) is 22.6. The van der Waals surface area contributed by atoms with E-state index in [1.165, 1.54) is 11.8 Å². The second kappa shape index (κ2) is 12.0. The zero-order valence-electron chi connectivity index (χ0n) is 22.6. The summed E-state index contributed by atoms with van der Waals surface area (Å²) in [7, 11) is 0. The van der Waals surface area contributed by atoms with Crippen molar-refractivity contribution in [3.63, 3.8) is 0 Å². The molecule has 6 heteroatoms. The van der Waals surface area contributed by atoms with Gasteiger partial charge in [0.05, 0.1) is 12.0 Å². The second-order valence-electron chi connectivity index (χ2n) is 10.6. The van der Waals surface area contributed by atoms with Crippen LogP contribution in [0.1, 0.15) is 82.4 Å². The van der Waals surface area contributed by atoms with Gasteiger partial charge in [0.2, 0.25) is 17.4 Å². The minimum Gasteiger partial charge on any atom is -0.493 e. The molecule has 0 bridgehead atoms. The predicted octanol–water partition coefficient (Wildman–Crippen LogP) is 6.51. The number of carbonyl (C=O) groups excluding carboxylic acids is 2. The summed E-state index contributed by atoms with van der Waals surface area (Å²) in [5.41, 5.74) is 4.36. The van der Waals surface area contributed by atoms with Gasteiger partial charge in [0.25, 0.3) is 0 Å². The summed E-state index contributed by atoms with van der Waals surface area (Å²) in [6, 6.07) is 13.9. The van der Waals surface area contributed by atoms with E-state index in [0.29, 0.717) is 36.8 Å². The summed E-state index contributed by atoms with van der Waals surface area (Å²) in [5.74, 6) is 1.01. The normalized spacial score (nSPS) is 21.3. The Morgan fingerprint density at radius 3 is 2.32 bits per heavy atom. The molecule has 3 atom stereocenters. The number of nitrogens with one attached hydrogen (secondary N) is 1. The third-order valence-electron chi connectivity index (χ3n) is 7.32. The molecule has 1 heterocycles. The summed E-state index contributed by atoms with van der Waals surface area (Å²) in [5, 5.41) is 3.11. The Morgan fingerprint density at radius 1 is 1.03 bits per heavy atom. The Kier molecular flexibility index (Phi) is 8.70. The highest BCUT2D eigenvalue weighted by Crippen LogP contribution is 2.36. The smallest absolute Gasteiger partial charge is 0.250 e. The number of ether oxygens (including phenoxy) is 3. The van der Waals surface area contributed by atoms with Crippen molar-refractivity contribution in [2.45, 2.75) is 84.3 Å². The van der Waals surface area contributed by atoms with Gasteiger partial charge in [-0.25, -0.2) is 0 Å². The van der Waals surface area contributed by atoms with E-state index in [-0.39, 0.29) is 42.2 Å². The summed E-state index contributed by atoms with van der Waals surface area (Å²) in [6.45, 7) is 10.6. The van der Waals surface area contributed by atoms with Gasteiger partial charge < -0.3 is 19.5 Å². The SMILES string of the molecule is CCc1ccc(OC2=COC3CC(OCC(=O)Nc4c(C(C)C)cccc4C(C)C)CCC3C2=O)cc1. The molecule has 2 aliphatic rings. The maximum Gasteiger partial charge on any atom is 0.250 e. The number of ketones is 1. The molecule has 6 nitrogen and oxygen atoms in total. The number of fused-ring (bicyclic) bond motifs is 1. The van der Waals surface area contributed by atoms with E-state index < -0.39 is 0 Å². The molecule has 4 rings (SSSR count). The van der Waals surface area contributed by atoms with Gasteiger partial charge in [-0.2, -0.15) is 0 Å². The first-order chi connectivity index (χ1) is 17.8. The number of amides is 1. The summed E-state index contributed by atoms with van der Waals surface area (Å²) in [6.07, 6.45) is 3.88. The van der Waals surface area contributed by atoms with Gasteiger partial charge in [-0.1, -0.05) is 65.0 Å². The molecule has 3 unspecified atom stereocenters. The summed E-state index contributed by atoms with van der Waals surface area (Å²) < 4.78 is 17.7. The molecule has 1 N–H and O–H groups in total. The fourth-order valence-electron chi connectivity index (χ4n) is 5.14. The third kappa shape index (κ3) is 6.42. The van der Waals surface area contributed by atoms with Crippen molar-refractivity contribution in [2.75, 3.05) is 11.9 Å². The molecule has 1 fully saturated rings. The topological polar surface area (TPSA) is 73.9 Å². The number of allylic oxidation sites excluding steroid dienone is 1. The van der Waals surface area contributed by atoms with E-state index in [0.717, 1.165) is 23.2 Å². The molecule has 1 amide bonds. The van der Waals surface area contributed by atoms with Crippen LogP contribution in [0.25, 0.3) is 0 Å². The molecule has 0 saturated heterocycles. The van der Waals surface area contributed by atoms with Crippen molar-refractivity contribution in [2.24, 2.45) is 5.92 Å². The number of anilines is 1. The Bertz CT molecular complexity index is 1110. The predicted molar refractivity (Wildman–Crippen MR) is 145 cm³/mol. The van der Waals surface area contributed by atoms with E-state index in [1.807, 2.05) is 30.3 Å². The van der Waals surface area contributed by atoms with E-state index in [4.69, 9.17) is 14.2 Å². The summed E-state index contributed by atoms with van der Waals surface area (Å²) in [4.78, 5) is 25.9. The Hall–Kier alpha value is -3.12. The van der Waals surface area contributed by atoms with Crippen molar-refractivity contribution in [1.82, 2.24) is 0 Å². The lowest BCUT2D eigenvalue weighted by Gasteiger charge is -2.37. The van der Waals surface area contributed by atoms with Gasteiger partial charge in [-0.15, -0.1) is 0 Å². The van der Waals surface area contributed by atoms with Crippen LogP contribution >= 0.6 is 0 Å². The molecule has 0 aromatic heterocycles. The number of carbonyl (C=O) groups is 2. The van der Waals surface area contributed by atoms with E-state index in [9.17, 15) is 9.59 Å². The molecular weight excluding hydrogens is 466 g/mol. The first-order valence-corrected chi connectivity index (χ1v) is 13.5. The Morgan fingerprint density at radius 2 is 1.70 bits per heavy atom. The maximum absolute atomic E-state index is 13.1. The molecule has 2 aromatic carbocycles.